The fraction of sp³-hybridized carbons (Fsp3) is 0.462. The largest absolute Gasteiger partial charge is 0.573 e. The summed E-state index contributed by atoms with van der Waals surface area (Å²) in [6.07, 6.45) is -5.33. The lowest BCUT2D eigenvalue weighted by Crippen LogP contribution is -2.66. The number of carbonyl (C=O) groups excluding carboxylic acids is 2. The van der Waals surface area contributed by atoms with Crippen molar-refractivity contribution in [2.24, 2.45) is 5.92 Å². The van der Waals surface area contributed by atoms with Crippen LogP contribution < -0.4 is 25.4 Å². The lowest BCUT2D eigenvalue weighted by Gasteiger charge is -2.41. The lowest BCUT2D eigenvalue weighted by molar-refractivity contribution is -0.274. The van der Waals surface area contributed by atoms with Gasteiger partial charge >= 0.3 is 6.36 Å². The highest BCUT2D eigenvalue weighted by Crippen LogP contribution is 2.30. The van der Waals surface area contributed by atoms with E-state index in [4.69, 9.17) is 4.74 Å². The Morgan fingerprint density at radius 1 is 1.03 bits per heavy atom. The molecule has 196 valence electrons. The molecule has 0 radical (unpaired) electrons. The number of hydrogen-bond donors (Lipinski definition) is 3. The average molecular weight is 508 g/mol. The minimum absolute atomic E-state index is 0.0375. The molecule has 1 aliphatic rings. The Labute approximate surface area is 208 Å². The van der Waals surface area contributed by atoms with Crippen molar-refractivity contribution in [3.63, 3.8) is 0 Å². The fourth-order valence-electron chi connectivity index (χ4n) is 4.22. The van der Waals surface area contributed by atoms with E-state index in [0.29, 0.717) is 11.3 Å². The first-order valence-electron chi connectivity index (χ1n) is 11.7. The van der Waals surface area contributed by atoms with Gasteiger partial charge in [-0.2, -0.15) is 0 Å². The Bertz CT molecular complexity index is 1050. The molecule has 0 spiro atoms. The molecule has 1 heterocycles. The van der Waals surface area contributed by atoms with Crippen molar-refractivity contribution in [2.45, 2.75) is 64.1 Å². The van der Waals surface area contributed by atoms with Crippen molar-refractivity contribution in [2.75, 3.05) is 7.11 Å². The van der Waals surface area contributed by atoms with E-state index in [1.807, 2.05) is 52.0 Å². The number of ether oxygens (including phenoxy) is 2. The summed E-state index contributed by atoms with van der Waals surface area (Å²) in [6, 6.07) is 11.6. The Hall–Kier alpha value is -3.27. The van der Waals surface area contributed by atoms with Crippen molar-refractivity contribution in [1.82, 2.24) is 16.0 Å². The van der Waals surface area contributed by atoms with Crippen LogP contribution in [0.15, 0.2) is 48.5 Å². The van der Waals surface area contributed by atoms with Gasteiger partial charge in [-0.25, -0.2) is 0 Å². The number of rotatable bonds is 8. The third kappa shape index (κ3) is 6.69. The third-order valence-corrected chi connectivity index (χ3v) is 6.37. The summed E-state index contributed by atoms with van der Waals surface area (Å²) in [5, 5.41) is 9.15. The SMILES string of the molecule is COc1ccc(C(C)(C)C2NC(=O)CC(C(=O)N[C@@H](c3ccc(OC(F)(F)F)cc3)C(C)C)N2)cc1. The van der Waals surface area contributed by atoms with Crippen LogP contribution in [-0.2, 0) is 15.0 Å². The molecule has 0 saturated carbocycles. The summed E-state index contributed by atoms with van der Waals surface area (Å²) in [4.78, 5) is 25.8. The van der Waals surface area contributed by atoms with Gasteiger partial charge in [0.1, 0.15) is 11.5 Å². The molecule has 3 rings (SSSR count). The van der Waals surface area contributed by atoms with E-state index in [-0.39, 0.29) is 29.9 Å². The molecule has 3 N–H and O–H groups in total. The Kier molecular flexibility index (Phi) is 8.18. The molecule has 7 nitrogen and oxygen atoms in total. The summed E-state index contributed by atoms with van der Waals surface area (Å²) in [6.45, 7) is 7.71. The molecule has 2 amide bonds. The van der Waals surface area contributed by atoms with Crippen LogP contribution in [-0.4, -0.2) is 37.5 Å². The van der Waals surface area contributed by atoms with Gasteiger partial charge in [0.05, 0.1) is 31.8 Å². The van der Waals surface area contributed by atoms with Crippen LogP contribution in [0.2, 0.25) is 0 Å². The van der Waals surface area contributed by atoms with Gasteiger partial charge in [0, 0.05) is 5.41 Å². The number of alkyl halides is 3. The van der Waals surface area contributed by atoms with Gasteiger partial charge in [-0.15, -0.1) is 13.2 Å². The number of amides is 2. The molecule has 2 unspecified atom stereocenters. The third-order valence-electron chi connectivity index (χ3n) is 6.37. The van der Waals surface area contributed by atoms with E-state index < -0.39 is 30.0 Å². The van der Waals surface area contributed by atoms with Gasteiger partial charge in [0.15, 0.2) is 0 Å². The molecule has 2 aromatic carbocycles. The second kappa shape index (κ2) is 10.8. The van der Waals surface area contributed by atoms with Crippen LogP contribution in [0, 0.1) is 5.92 Å². The predicted octanol–water partition coefficient (Wildman–Crippen LogP) is 4.19. The summed E-state index contributed by atoms with van der Waals surface area (Å²) in [7, 11) is 1.58. The molecule has 1 saturated heterocycles. The summed E-state index contributed by atoms with van der Waals surface area (Å²) < 4.78 is 46.6. The number of benzene rings is 2. The van der Waals surface area contributed by atoms with Crippen LogP contribution in [0.4, 0.5) is 13.2 Å². The number of nitrogens with one attached hydrogen (secondary N) is 3. The van der Waals surface area contributed by atoms with Gasteiger partial charge in [0.2, 0.25) is 11.8 Å². The van der Waals surface area contributed by atoms with Gasteiger partial charge < -0.3 is 20.1 Å². The van der Waals surface area contributed by atoms with E-state index in [1.165, 1.54) is 24.3 Å². The van der Waals surface area contributed by atoms with E-state index in [0.717, 1.165) is 5.56 Å². The number of halogens is 3. The molecule has 2 aromatic rings. The quantitative estimate of drug-likeness (QED) is 0.499. The molecule has 0 aromatic heterocycles. The van der Waals surface area contributed by atoms with Crippen molar-refractivity contribution < 1.29 is 32.2 Å². The summed E-state index contributed by atoms with van der Waals surface area (Å²) in [5.41, 5.74) is 1.03. The molecule has 36 heavy (non-hydrogen) atoms. The maximum Gasteiger partial charge on any atom is 0.573 e. The van der Waals surface area contributed by atoms with Crippen LogP contribution in [0.3, 0.4) is 0 Å². The summed E-state index contributed by atoms with van der Waals surface area (Å²) in [5.74, 6) is -0.309. The van der Waals surface area contributed by atoms with Gasteiger partial charge in [0.25, 0.3) is 0 Å². The molecule has 0 bridgehead atoms. The molecule has 10 heteroatoms. The lowest BCUT2D eigenvalue weighted by atomic mass is 9.80. The molecule has 0 aliphatic carbocycles. The number of carbonyl (C=O) groups is 2. The maximum atomic E-state index is 13.2. The Morgan fingerprint density at radius 3 is 2.14 bits per heavy atom. The first-order chi connectivity index (χ1) is 16.8. The van der Waals surface area contributed by atoms with Crippen molar-refractivity contribution in [3.8, 4) is 11.5 Å². The molecule has 1 aliphatic heterocycles. The standard InChI is InChI=1S/C26H32F3N3O4/c1-15(2)22(16-6-10-19(11-7-16)36-26(27,28)29)32-23(34)20-14-21(33)31-24(30-20)25(3,4)17-8-12-18(35-5)13-9-17/h6-13,15,20,22,24,30H,14H2,1-5H3,(H,31,33)(H,32,34)/t20?,22-,24?/m1/s1. The van der Waals surface area contributed by atoms with E-state index in [1.54, 1.807) is 7.11 Å². The smallest absolute Gasteiger partial charge is 0.497 e. The van der Waals surface area contributed by atoms with Gasteiger partial charge in [-0.05, 0) is 41.3 Å². The minimum atomic E-state index is -4.78. The van der Waals surface area contributed by atoms with E-state index >= 15 is 0 Å². The summed E-state index contributed by atoms with van der Waals surface area (Å²) >= 11 is 0. The topological polar surface area (TPSA) is 88.7 Å². The fourth-order valence-corrected chi connectivity index (χ4v) is 4.22. The van der Waals surface area contributed by atoms with Crippen molar-refractivity contribution >= 4 is 11.8 Å². The predicted molar refractivity (Wildman–Crippen MR) is 128 cm³/mol. The van der Waals surface area contributed by atoms with Crippen LogP contribution in [0.1, 0.15) is 51.3 Å². The number of methoxy groups -OCH3 is 1. The Balaban J connectivity index is 1.74. The highest BCUT2D eigenvalue weighted by molar-refractivity contribution is 5.90. The molecule has 3 atom stereocenters. The monoisotopic (exact) mass is 507 g/mol. The van der Waals surface area contributed by atoms with E-state index in [2.05, 4.69) is 20.7 Å². The van der Waals surface area contributed by atoms with Crippen LogP contribution in [0.5, 0.6) is 11.5 Å². The van der Waals surface area contributed by atoms with Gasteiger partial charge in [-0.1, -0.05) is 52.0 Å². The second-order valence-corrected chi connectivity index (χ2v) is 9.72. The van der Waals surface area contributed by atoms with Crippen molar-refractivity contribution in [3.05, 3.63) is 59.7 Å². The zero-order chi connectivity index (χ0) is 26.7. The second-order valence-electron chi connectivity index (χ2n) is 9.72. The van der Waals surface area contributed by atoms with Gasteiger partial charge in [-0.3, -0.25) is 14.9 Å². The minimum Gasteiger partial charge on any atom is -0.497 e. The van der Waals surface area contributed by atoms with Crippen LogP contribution >= 0.6 is 0 Å². The number of hydrogen-bond acceptors (Lipinski definition) is 5. The molecular weight excluding hydrogens is 475 g/mol. The highest BCUT2D eigenvalue weighted by Gasteiger charge is 2.40. The molecule has 1 fully saturated rings. The average Bonchev–Trinajstić information content (AvgIpc) is 2.81. The first kappa shape index (κ1) is 27.3. The van der Waals surface area contributed by atoms with E-state index in [9.17, 15) is 22.8 Å². The van der Waals surface area contributed by atoms with Crippen LogP contribution in [0.25, 0.3) is 0 Å². The zero-order valence-corrected chi connectivity index (χ0v) is 20.9. The molecular formula is C26H32F3N3O4. The van der Waals surface area contributed by atoms with Crippen molar-refractivity contribution in [1.29, 1.82) is 0 Å². The maximum absolute atomic E-state index is 13.2. The highest BCUT2D eigenvalue weighted by atomic mass is 19.4. The zero-order valence-electron chi connectivity index (χ0n) is 20.9. The normalized spacial score (nSPS) is 19.4. The first-order valence-corrected chi connectivity index (χ1v) is 11.7. The Morgan fingerprint density at radius 2 is 1.61 bits per heavy atom.